The van der Waals surface area contributed by atoms with Crippen LogP contribution in [-0.4, -0.2) is 57.6 Å². The summed E-state index contributed by atoms with van der Waals surface area (Å²) in [5, 5.41) is 13.2. The van der Waals surface area contributed by atoms with Crippen molar-refractivity contribution in [3.8, 4) is 0 Å². The van der Waals surface area contributed by atoms with E-state index >= 15 is 0 Å². The van der Waals surface area contributed by atoms with Crippen LogP contribution in [0.3, 0.4) is 0 Å². The molecule has 9 heteroatoms. The number of aliphatic hydroxyl groups excluding tert-OH is 1. The molecule has 0 bridgehead atoms. The van der Waals surface area contributed by atoms with Gasteiger partial charge in [0.15, 0.2) is 0 Å². The Labute approximate surface area is 214 Å². The molecule has 1 aromatic rings. The molecule has 1 aromatic carbocycles. The summed E-state index contributed by atoms with van der Waals surface area (Å²) in [6, 6.07) is 5.93. The Hall–Kier alpha value is -2.81. The molecule has 2 rings (SSSR count). The molecule has 2 amide bonds. The zero-order valence-electron chi connectivity index (χ0n) is 23.0. The number of nitrogens with zero attached hydrogens (tertiary/aromatic N) is 1. The first-order valence-electron chi connectivity index (χ1n) is 12.3. The number of rotatable bonds is 5. The van der Waals surface area contributed by atoms with Crippen LogP contribution in [0.5, 0.6) is 0 Å². The molecule has 0 radical (unpaired) electrons. The van der Waals surface area contributed by atoms with Crippen molar-refractivity contribution in [1.82, 2.24) is 10.2 Å². The monoisotopic (exact) mass is 506 g/mol. The number of carbonyl (C=O) groups excluding carboxylic acids is 3. The highest BCUT2D eigenvalue weighted by Gasteiger charge is 2.39. The van der Waals surface area contributed by atoms with E-state index < -0.39 is 53.1 Å². The topological polar surface area (TPSA) is 114 Å². The molecule has 3 atom stereocenters. The van der Waals surface area contributed by atoms with Crippen LogP contribution in [0.1, 0.15) is 98.4 Å². The normalized spacial score (nSPS) is 19.4. The molecule has 1 aliphatic rings. The fraction of sp³-hybridized carbons (Fsp3) is 0.667. The molecule has 0 spiro atoms. The Morgan fingerprint density at radius 3 is 2.06 bits per heavy atom. The number of amides is 2. The minimum Gasteiger partial charge on any atom is -0.460 e. The molecule has 1 fully saturated rings. The number of ether oxygens (including phenoxy) is 3. The van der Waals surface area contributed by atoms with Gasteiger partial charge in [-0.25, -0.2) is 9.59 Å². The fourth-order valence-electron chi connectivity index (χ4n) is 4.00. The van der Waals surface area contributed by atoms with Crippen LogP contribution in [0.25, 0.3) is 0 Å². The van der Waals surface area contributed by atoms with E-state index in [-0.39, 0.29) is 13.0 Å². The smallest absolute Gasteiger partial charge is 0.410 e. The second kappa shape index (κ2) is 11.1. The van der Waals surface area contributed by atoms with E-state index in [4.69, 9.17) is 14.2 Å². The first-order valence-corrected chi connectivity index (χ1v) is 12.3. The fourth-order valence-corrected chi connectivity index (χ4v) is 4.00. The number of nitrogens with one attached hydrogen (secondary N) is 1. The van der Waals surface area contributed by atoms with Crippen molar-refractivity contribution in [3.63, 3.8) is 0 Å². The zero-order chi connectivity index (χ0) is 27.5. The predicted molar refractivity (Wildman–Crippen MR) is 135 cm³/mol. The Kier molecular flexibility index (Phi) is 9.05. The minimum atomic E-state index is -0.788. The van der Waals surface area contributed by atoms with Crippen LogP contribution in [0.15, 0.2) is 24.3 Å². The summed E-state index contributed by atoms with van der Waals surface area (Å²) in [5.41, 5.74) is -0.808. The van der Waals surface area contributed by atoms with Gasteiger partial charge in [0.2, 0.25) is 0 Å². The van der Waals surface area contributed by atoms with Gasteiger partial charge in [-0.3, -0.25) is 9.69 Å². The van der Waals surface area contributed by atoms with Gasteiger partial charge in [-0.15, -0.1) is 0 Å². The van der Waals surface area contributed by atoms with Gasteiger partial charge in [0.25, 0.3) is 0 Å². The molecule has 9 nitrogen and oxygen atoms in total. The number of hydrogen-bond acceptors (Lipinski definition) is 7. The number of aliphatic hydroxyl groups is 1. The molecular weight excluding hydrogens is 464 g/mol. The Morgan fingerprint density at radius 2 is 1.50 bits per heavy atom. The van der Waals surface area contributed by atoms with Gasteiger partial charge in [0.05, 0.1) is 31.2 Å². The van der Waals surface area contributed by atoms with E-state index in [0.717, 1.165) is 0 Å². The molecule has 36 heavy (non-hydrogen) atoms. The highest BCUT2D eigenvalue weighted by molar-refractivity contribution is 5.74. The van der Waals surface area contributed by atoms with Crippen molar-refractivity contribution < 1.29 is 33.7 Å². The van der Waals surface area contributed by atoms with Crippen molar-refractivity contribution in [1.29, 1.82) is 0 Å². The molecule has 1 aliphatic heterocycles. The molecular formula is C27H42N2O7. The SMILES string of the molecule is CC(C)(C)OC(=O)C[C@H](NC(=O)OC(C)(C)C)c1ccccc1[C@H]1C[C@@H](O)CN1C(=O)OC(C)(C)C. The van der Waals surface area contributed by atoms with Crippen molar-refractivity contribution in [2.45, 2.75) is 110 Å². The van der Waals surface area contributed by atoms with Crippen molar-refractivity contribution in [2.75, 3.05) is 6.54 Å². The number of alkyl carbamates (subject to hydrolysis) is 1. The summed E-state index contributed by atoms with van der Waals surface area (Å²) in [4.78, 5) is 40.0. The molecule has 0 aromatic heterocycles. The second-order valence-corrected chi connectivity index (χ2v) is 12.2. The number of esters is 1. The van der Waals surface area contributed by atoms with E-state index in [1.165, 1.54) is 4.90 Å². The van der Waals surface area contributed by atoms with Gasteiger partial charge < -0.3 is 24.6 Å². The van der Waals surface area contributed by atoms with Crippen LogP contribution in [0.2, 0.25) is 0 Å². The lowest BCUT2D eigenvalue weighted by Crippen LogP contribution is -2.39. The maximum Gasteiger partial charge on any atom is 0.410 e. The summed E-state index contributed by atoms with van der Waals surface area (Å²) in [6.07, 6.45) is -1.81. The second-order valence-electron chi connectivity index (χ2n) is 12.2. The van der Waals surface area contributed by atoms with Crippen LogP contribution < -0.4 is 5.32 Å². The molecule has 1 heterocycles. The summed E-state index contributed by atoms with van der Waals surface area (Å²) >= 11 is 0. The lowest BCUT2D eigenvalue weighted by molar-refractivity contribution is -0.155. The minimum absolute atomic E-state index is 0.115. The molecule has 202 valence electrons. The average molecular weight is 507 g/mol. The van der Waals surface area contributed by atoms with Gasteiger partial charge in [0.1, 0.15) is 16.8 Å². The van der Waals surface area contributed by atoms with Crippen LogP contribution in [0.4, 0.5) is 9.59 Å². The van der Waals surface area contributed by atoms with E-state index in [9.17, 15) is 19.5 Å². The number of benzene rings is 1. The van der Waals surface area contributed by atoms with Gasteiger partial charge in [-0.2, -0.15) is 0 Å². The Bertz CT molecular complexity index is 911. The molecule has 0 saturated carbocycles. The van der Waals surface area contributed by atoms with Crippen LogP contribution >= 0.6 is 0 Å². The lowest BCUT2D eigenvalue weighted by atomic mass is 9.92. The number of hydrogen-bond donors (Lipinski definition) is 2. The van der Waals surface area contributed by atoms with Crippen molar-refractivity contribution >= 4 is 18.2 Å². The molecule has 0 unspecified atom stereocenters. The maximum atomic E-state index is 13.0. The quantitative estimate of drug-likeness (QED) is 0.425. The van der Waals surface area contributed by atoms with E-state index in [2.05, 4.69) is 5.32 Å². The molecule has 1 saturated heterocycles. The molecule has 0 aliphatic carbocycles. The van der Waals surface area contributed by atoms with Crippen LogP contribution in [-0.2, 0) is 19.0 Å². The average Bonchev–Trinajstić information content (AvgIpc) is 3.05. The first kappa shape index (κ1) is 29.4. The van der Waals surface area contributed by atoms with Gasteiger partial charge in [-0.1, -0.05) is 24.3 Å². The Morgan fingerprint density at radius 1 is 0.944 bits per heavy atom. The van der Waals surface area contributed by atoms with Crippen LogP contribution in [0, 0.1) is 0 Å². The highest BCUT2D eigenvalue weighted by atomic mass is 16.6. The standard InChI is InChI=1S/C27H42N2O7/c1-25(2,3)34-22(31)15-20(28-23(32)35-26(4,5)6)18-12-10-11-13-19(18)21-14-17(30)16-29(21)24(33)36-27(7,8)9/h10-13,17,20-21,30H,14-16H2,1-9H3,(H,28,32)/t17-,20+,21-/m1/s1. The van der Waals surface area contributed by atoms with E-state index in [1.54, 1.807) is 74.4 Å². The number of β-amino-alcohol motifs (C(OH)–C–C–N with tert-alkyl or cyclic N) is 1. The third kappa shape index (κ3) is 9.33. The first-order chi connectivity index (χ1) is 16.3. The van der Waals surface area contributed by atoms with Gasteiger partial charge in [0, 0.05) is 0 Å². The van der Waals surface area contributed by atoms with Gasteiger partial charge >= 0.3 is 18.2 Å². The largest absolute Gasteiger partial charge is 0.460 e. The lowest BCUT2D eigenvalue weighted by Gasteiger charge is -2.31. The third-order valence-corrected chi connectivity index (χ3v) is 5.12. The maximum absolute atomic E-state index is 13.0. The zero-order valence-corrected chi connectivity index (χ0v) is 23.0. The van der Waals surface area contributed by atoms with Gasteiger partial charge in [-0.05, 0) is 79.9 Å². The summed E-state index contributed by atoms with van der Waals surface area (Å²) in [7, 11) is 0. The van der Waals surface area contributed by atoms with E-state index in [1.807, 2.05) is 12.1 Å². The highest BCUT2D eigenvalue weighted by Crippen LogP contribution is 2.38. The number of likely N-dealkylation sites (tertiary alicyclic amines) is 1. The Balaban J connectivity index is 2.45. The predicted octanol–water partition coefficient (Wildman–Crippen LogP) is 5.03. The number of carbonyl (C=O) groups is 3. The van der Waals surface area contributed by atoms with E-state index in [0.29, 0.717) is 17.5 Å². The summed E-state index contributed by atoms with van der Waals surface area (Å²) in [5.74, 6) is -0.492. The van der Waals surface area contributed by atoms with Crippen molar-refractivity contribution in [3.05, 3.63) is 35.4 Å². The van der Waals surface area contributed by atoms with Crippen molar-refractivity contribution in [2.24, 2.45) is 0 Å². The summed E-state index contributed by atoms with van der Waals surface area (Å²) < 4.78 is 16.5. The summed E-state index contributed by atoms with van der Waals surface area (Å²) in [6.45, 7) is 16.0. The molecule has 2 N–H and O–H groups in total. The third-order valence-electron chi connectivity index (χ3n) is 5.12.